The summed E-state index contributed by atoms with van der Waals surface area (Å²) in [6.45, 7) is 7.12. The quantitative estimate of drug-likeness (QED) is 0.455. The molecule has 0 aliphatic heterocycles. The van der Waals surface area contributed by atoms with Crippen molar-refractivity contribution in [3.63, 3.8) is 0 Å². The van der Waals surface area contributed by atoms with Gasteiger partial charge in [-0.1, -0.05) is 26.2 Å². The van der Waals surface area contributed by atoms with Gasteiger partial charge in [0.1, 0.15) is 0 Å². The molecule has 1 atom stereocenters. The molecule has 2 nitrogen and oxygen atoms in total. The zero-order chi connectivity index (χ0) is 8.53. The number of rotatable bonds is 7. The van der Waals surface area contributed by atoms with Gasteiger partial charge in [-0.2, -0.15) is 5.48 Å². The molecule has 0 aliphatic carbocycles. The second-order valence-electron chi connectivity index (χ2n) is 2.95. The van der Waals surface area contributed by atoms with Crippen LogP contribution in [0.25, 0.3) is 0 Å². The van der Waals surface area contributed by atoms with E-state index in [0.717, 1.165) is 6.61 Å². The average Bonchev–Trinajstić information content (AvgIpc) is 2.01. The normalized spacial score (nSPS) is 13.4. The predicted molar refractivity (Wildman–Crippen MR) is 48.4 cm³/mol. The van der Waals surface area contributed by atoms with Crippen molar-refractivity contribution in [2.75, 3.05) is 6.61 Å². The van der Waals surface area contributed by atoms with E-state index in [1.165, 1.54) is 25.7 Å². The van der Waals surface area contributed by atoms with Crippen LogP contribution in [0.2, 0.25) is 0 Å². The first-order chi connectivity index (χ1) is 5.31. The SMILES string of the molecule is CCCCCC(C)NOCC. The molecule has 0 saturated heterocycles. The molecule has 0 rings (SSSR count). The zero-order valence-corrected chi connectivity index (χ0v) is 8.02. The Hall–Kier alpha value is -0.0800. The Morgan fingerprint density at radius 1 is 1.27 bits per heavy atom. The van der Waals surface area contributed by atoms with Crippen molar-refractivity contribution in [1.82, 2.24) is 5.48 Å². The van der Waals surface area contributed by atoms with Gasteiger partial charge in [-0.25, -0.2) is 0 Å². The molecule has 0 spiro atoms. The van der Waals surface area contributed by atoms with Gasteiger partial charge >= 0.3 is 0 Å². The minimum atomic E-state index is 0.501. The van der Waals surface area contributed by atoms with Crippen molar-refractivity contribution in [3.8, 4) is 0 Å². The van der Waals surface area contributed by atoms with Gasteiger partial charge in [-0.15, -0.1) is 0 Å². The summed E-state index contributed by atoms with van der Waals surface area (Å²) < 4.78 is 0. The summed E-state index contributed by atoms with van der Waals surface area (Å²) in [6.07, 6.45) is 5.14. The largest absolute Gasteiger partial charge is 0.302 e. The molecule has 0 bridgehead atoms. The molecule has 1 N–H and O–H groups in total. The van der Waals surface area contributed by atoms with Gasteiger partial charge in [0.15, 0.2) is 0 Å². The lowest BCUT2D eigenvalue weighted by Gasteiger charge is -2.11. The van der Waals surface area contributed by atoms with Crippen LogP contribution in [-0.4, -0.2) is 12.6 Å². The molecule has 2 heteroatoms. The Bertz CT molecular complexity index is 76.0. The fourth-order valence-corrected chi connectivity index (χ4v) is 0.985. The maximum atomic E-state index is 5.08. The molecule has 0 aromatic rings. The van der Waals surface area contributed by atoms with Gasteiger partial charge in [-0.05, 0) is 20.3 Å². The van der Waals surface area contributed by atoms with Crippen molar-refractivity contribution in [1.29, 1.82) is 0 Å². The second kappa shape index (κ2) is 8.02. The molecule has 0 aromatic heterocycles. The Balaban J connectivity index is 3.02. The van der Waals surface area contributed by atoms with Crippen LogP contribution in [0.1, 0.15) is 46.5 Å². The van der Waals surface area contributed by atoms with Crippen molar-refractivity contribution in [2.45, 2.75) is 52.5 Å². The van der Waals surface area contributed by atoms with Gasteiger partial charge in [0, 0.05) is 6.04 Å². The number of hydroxylamine groups is 1. The first-order valence-electron chi connectivity index (χ1n) is 4.68. The summed E-state index contributed by atoms with van der Waals surface area (Å²) in [4.78, 5) is 5.08. The highest BCUT2D eigenvalue weighted by molar-refractivity contribution is 4.53. The lowest BCUT2D eigenvalue weighted by molar-refractivity contribution is 0.0264. The lowest BCUT2D eigenvalue weighted by atomic mass is 10.1. The van der Waals surface area contributed by atoms with Gasteiger partial charge < -0.3 is 4.84 Å². The zero-order valence-electron chi connectivity index (χ0n) is 8.02. The first-order valence-corrected chi connectivity index (χ1v) is 4.68. The molecule has 11 heavy (non-hydrogen) atoms. The molecule has 0 saturated carbocycles. The molecule has 0 aromatic carbocycles. The summed E-state index contributed by atoms with van der Waals surface area (Å²) in [5.74, 6) is 0. The molecule has 0 radical (unpaired) electrons. The maximum absolute atomic E-state index is 5.08. The van der Waals surface area contributed by atoms with E-state index in [0.29, 0.717) is 6.04 Å². The number of unbranched alkanes of at least 4 members (excludes halogenated alkanes) is 2. The molecule has 1 unspecified atom stereocenters. The third-order valence-corrected chi connectivity index (χ3v) is 1.67. The standard InChI is InChI=1S/C9H21NO/c1-4-6-7-8-9(3)10-11-5-2/h9-10H,4-8H2,1-3H3. The Morgan fingerprint density at radius 3 is 2.55 bits per heavy atom. The summed E-state index contributed by atoms with van der Waals surface area (Å²) in [5.41, 5.74) is 2.99. The number of hydrogen-bond donors (Lipinski definition) is 1. The van der Waals surface area contributed by atoms with Crippen molar-refractivity contribution in [2.24, 2.45) is 0 Å². The predicted octanol–water partition coefficient (Wildman–Crippen LogP) is 2.50. The lowest BCUT2D eigenvalue weighted by Crippen LogP contribution is -2.25. The first kappa shape index (κ1) is 10.9. The van der Waals surface area contributed by atoms with E-state index in [9.17, 15) is 0 Å². The van der Waals surface area contributed by atoms with E-state index < -0.39 is 0 Å². The van der Waals surface area contributed by atoms with Crippen LogP contribution < -0.4 is 5.48 Å². The molecule has 0 aliphatic rings. The third-order valence-electron chi connectivity index (χ3n) is 1.67. The van der Waals surface area contributed by atoms with Crippen LogP contribution in [0, 0.1) is 0 Å². The highest BCUT2D eigenvalue weighted by Crippen LogP contribution is 2.02. The van der Waals surface area contributed by atoms with E-state index in [1.807, 2.05) is 6.92 Å². The van der Waals surface area contributed by atoms with E-state index >= 15 is 0 Å². The Morgan fingerprint density at radius 2 is 2.00 bits per heavy atom. The topological polar surface area (TPSA) is 21.3 Å². The van der Waals surface area contributed by atoms with E-state index in [1.54, 1.807) is 0 Å². The second-order valence-corrected chi connectivity index (χ2v) is 2.95. The number of hydrogen-bond acceptors (Lipinski definition) is 2. The van der Waals surface area contributed by atoms with Crippen LogP contribution in [0.5, 0.6) is 0 Å². The summed E-state index contributed by atoms with van der Waals surface area (Å²) in [7, 11) is 0. The van der Waals surface area contributed by atoms with Crippen LogP contribution in [0.15, 0.2) is 0 Å². The highest BCUT2D eigenvalue weighted by atomic mass is 16.6. The minimum Gasteiger partial charge on any atom is -0.302 e. The monoisotopic (exact) mass is 159 g/mol. The van der Waals surface area contributed by atoms with Gasteiger partial charge in [-0.3, -0.25) is 0 Å². The van der Waals surface area contributed by atoms with E-state index in [4.69, 9.17) is 4.84 Å². The van der Waals surface area contributed by atoms with Crippen LogP contribution in [0.3, 0.4) is 0 Å². The molecular weight excluding hydrogens is 138 g/mol. The van der Waals surface area contributed by atoms with Crippen molar-refractivity contribution in [3.05, 3.63) is 0 Å². The Labute approximate surface area is 70.3 Å². The van der Waals surface area contributed by atoms with Crippen LogP contribution in [0.4, 0.5) is 0 Å². The highest BCUT2D eigenvalue weighted by Gasteiger charge is 1.98. The minimum absolute atomic E-state index is 0.501. The summed E-state index contributed by atoms with van der Waals surface area (Å²) in [5, 5.41) is 0. The fraction of sp³-hybridized carbons (Fsp3) is 1.00. The third kappa shape index (κ3) is 7.82. The molecule has 68 valence electrons. The molecule has 0 amide bonds. The van der Waals surface area contributed by atoms with Gasteiger partial charge in [0.25, 0.3) is 0 Å². The van der Waals surface area contributed by atoms with Gasteiger partial charge in [0.05, 0.1) is 6.61 Å². The van der Waals surface area contributed by atoms with E-state index in [-0.39, 0.29) is 0 Å². The maximum Gasteiger partial charge on any atom is 0.0654 e. The Kier molecular flexibility index (Phi) is 7.96. The van der Waals surface area contributed by atoms with Crippen molar-refractivity contribution < 1.29 is 4.84 Å². The molecular formula is C9H21NO. The fourth-order valence-electron chi connectivity index (χ4n) is 0.985. The van der Waals surface area contributed by atoms with E-state index in [2.05, 4.69) is 19.3 Å². The summed E-state index contributed by atoms with van der Waals surface area (Å²) >= 11 is 0. The van der Waals surface area contributed by atoms with Gasteiger partial charge in [0.2, 0.25) is 0 Å². The van der Waals surface area contributed by atoms with Crippen molar-refractivity contribution >= 4 is 0 Å². The number of nitrogens with one attached hydrogen (secondary N) is 1. The molecule has 0 fully saturated rings. The molecule has 0 heterocycles. The van der Waals surface area contributed by atoms with Crippen LogP contribution in [-0.2, 0) is 4.84 Å². The summed E-state index contributed by atoms with van der Waals surface area (Å²) in [6, 6.07) is 0.501. The van der Waals surface area contributed by atoms with Crippen LogP contribution >= 0.6 is 0 Å². The smallest absolute Gasteiger partial charge is 0.0654 e. The average molecular weight is 159 g/mol.